The van der Waals surface area contributed by atoms with Gasteiger partial charge < -0.3 is 4.85 Å². The Labute approximate surface area is 58.9 Å². The van der Waals surface area contributed by atoms with Crippen LogP contribution in [-0.2, 0) is 0 Å². The van der Waals surface area contributed by atoms with Gasteiger partial charge in [-0.3, -0.25) is 0 Å². The van der Waals surface area contributed by atoms with Crippen LogP contribution in [0.3, 0.4) is 0 Å². The quantitative estimate of drug-likeness (QED) is 0.525. The van der Waals surface area contributed by atoms with Gasteiger partial charge in [-0.2, -0.15) is 0 Å². The van der Waals surface area contributed by atoms with E-state index in [0.29, 0.717) is 13.0 Å². The number of nitrogens with zero attached hydrogens (tertiary/aromatic N) is 1. The van der Waals surface area contributed by atoms with Gasteiger partial charge in [0.2, 0.25) is 12.5 Å². The Morgan fingerprint density at radius 3 is 2.50 bits per heavy atom. The summed E-state index contributed by atoms with van der Waals surface area (Å²) in [6.45, 7) is 6.84. The van der Waals surface area contributed by atoms with Crippen LogP contribution in [0.25, 0.3) is 4.85 Å². The van der Waals surface area contributed by atoms with E-state index >= 15 is 0 Å². The molecule has 0 atom stereocenters. The van der Waals surface area contributed by atoms with Crippen molar-refractivity contribution < 1.29 is 8.78 Å². The van der Waals surface area contributed by atoms with Crippen LogP contribution in [0.15, 0.2) is 0 Å². The van der Waals surface area contributed by atoms with E-state index in [1.54, 1.807) is 0 Å². The molecular formula is C7H9F2N. The highest BCUT2D eigenvalue weighted by Gasteiger charge is 2.44. The fourth-order valence-electron chi connectivity index (χ4n) is 1.24. The minimum absolute atomic E-state index is 0.00250. The molecule has 0 aromatic rings. The van der Waals surface area contributed by atoms with Crippen molar-refractivity contribution in [3.05, 3.63) is 11.4 Å². The zero-order chi connectivity index (χ0) is 7.61. The van der Waals surface area contributed by atoms with Crippen LogP contribution < -0.4 is 0 Å². The van der Waals surface area contributed by atoms with E-state index in [1.807, 2.05) is 0 Å². The molecule has 3 heteroatoms. The molecule has 1 aliphatic carbocycles. The Kier molecular flexibility index (Phi) is 1.89. The molecule has 0 saturated heterocycles. The molecule has 56 valence electrons. The van der Waals surface area contributed by atoms with Crippen molar-refractivity contribution in [1.82, 2.24) is 0 Å². The Morgan fingerprint density at radius 1 is 1.50 bits per heavy atom. The molecule has 1 aliphatic rings. The van der Waals surface area contributed by atoms with E-state index < -0.39 is 5.92 Å². The lowest BCUT2D eigenvalue weighted by atomic mass is 9.79. The summed E-state index contributed by atoms with van der Waals surface area (Å²) in [4.78, 5) is 3.11. The average Bonchev–Trinajstić information content (AvgIpc) is 1.78. The number of alkyl halides is 2. The molecule has 1 fully saturated rings. The highest BCUT2D eigenvalue weighted by molar-refractivity contribution is 4.87. The van der Waals surface area contributed by atoms with Gasteiger partial charge in [-0.05, 0) is 5.92 Å². The molecule has 0 aromatic carbocycles. The molecule has 0 N–H and O–H groups in total. The topological polar surface area (TPSA) is 4.36 Å². The second-order valence-corrected chi connectivity index (χ2v) is 2.80. The smallest absolute Gasteiger partial charge is 0.248 e. The van der Waals surface area contributed by atoms with Gasteiger partial charge in [-0.25, -0.2) is 15.4 Å². The minimum atomic E-state index is -2.41. The van der Waals surface area contributed by atoms with Crippen molar-refractivity contribution in [3.63, 3.8) is 0 Å². The van der Waals surface area contributed by atoms with E-state index in [1.165, 1.54) is 0 Å². The second kappa shape index (κ2) is 2.53. The largest absolute Gasteiger partial charge is 0.317 e. The molecule has 0 radical (unpaired) electrons. The van der Waals surface area contributed by atoms with Crippen molar-refractivity contribution >= 4 is 0 Å². The Hall–Kier alpha value is -0.650. The SMILES string of the molecule is [C-]#[N+]CCC1CC(F)(F)C1. The monoisotopic (exact) mass is 145 g/mol. The Bertz CT molecular complexity index is 151. The number of hydrogen-bond acceptors (Lipinski definition) is 0. The van der Waals surface area contributed by atoms with Gasteiger partial charge in [-0.15, -0.1) is 0 Å². The van der Waals surface area contributed by atoms with Gasteiger partial charge >= 0.3 is 0 Å². The molecule has 0 amide bonds. The molecule has 1 saturated carbocycles. The molecule has 0 aliphatic heterocycles. The average molecular weight is 145 g/mol. The molecular weight excluding hydrogens is 136 g/mol. The lowest BCUT2D eigenvalue weighted by Crippen LogP contribution is -2.35. The summed E-state index contributed by atoms with van der Waals surface area (Å²) in [7, 11) is 0. The van der Waals surface area contributed by atoms with Crippen LogP contribution >= 0.6 is 0 Å². The van der Waals surface area contributed by atoms with E-state index in [4.69, 9.17) is 6.57 Å². The van der Waals surface area contributed by atoms with Crippen LogP contribution in [0.1, 0.15) is 19.3 Å². The van der Waals surface area contributed by atoms with E-state index in [-0.39, 0.29) is 18.8 Å². The summed E-state index contributed by atoms with van der Waals surface area (Å²) in [6.07, 6.45) is 0.657. The lowest BCUT2D eigenvalue weighted by molar-refractivity contribution is -0.110. The highest BCUT2D eigenvalue weighted by atomic mass is 19.3. The van der Waals surface area contributed by atoms with Gasteiger partial charge in [0.25, 0.3) is 0 Å². The van der Waals surface area contributed by atoms with Crippen LogP contribution in [0.2, 0.25) is 0 Å². The molecule has 10 heavy (non-hydrogen) atoms. The molecule has 0 heterocycles. The van der Waals surface area contributed by atoms with Gasteiger partial charge in [-0.1, -0.05) is 0 Å². The van der Waals surface area contributed by atoms with E-state index in [9.17, 15) is 8.78 Å². The molecule has 0 aromatic heterocycles. The first-order valence-electron chi connectivity index (χ1n) is 3.35. The maximum absolute atomic E-state index is 12.1. The van der Waals surface area contributed by atoms with Crippen molar-refractivity contribution in [1.29, 1.82) is 0 Å². The van der Waals surface area contributed by atoms with Crippen molar-refractivity contribution in [2.24, 2.45) is 5.92 Å². The third-order valence-corrected chi connectivity index (χ3v) is 1.82. The molecule has 1 nitrogen and oxygen atoms in total. The Morgan fingerprint density at radius 2 is 2.10 bits per heavy atom. The third-order valence-electron chi connectivity index (χ3n) is 1.82. The zero-order valence-corrected chi connectivity index (χ0v) is 5.61. The summed E-state index contributed by atoms with van der Waals surface area (Å²) in [5.74, 6) is -2.30. The van der Waals surface area contributed by atoms with Gasteiger partial charge in [0, 0.05) is 19.3 Å². The van der Waals surface area contributed by atoms with Gasteiger partial charge in [0.15, 0.2) is 0 Å². The third kappa shape index (κ3) is 1.66. The fourth-order valence-corrected chi connectivity index (χ4v) is 1.24. The van der Waals surface area contributed by atoms with Gasteiger partial charge in [0.05, 0.1) is 0 Å². The zero-order valence-electron chi connectivity index (χ0n) is 5.61. The second-order valence-electron chi connectivity index (χ2n) is 2.80. The maximum atomic E-state index is 12.1. The molecule has 0 unspecified atom stereocenters. The fraction of sp³-hybridized carbons (Fsp3) is 0.857. The predicted molar refractivity (Wildman–Crippen MR) is 33.8 cm³/mol. The Balaban J connectivity index is 2.10. The van der Waals surface area contributed by atoms with Crippen LogP contribution in [0.4, 0.5) is 8.78 Å². The lowest BCUT2D eigenvalue weighted by Gasteiger charge is -2.33. The molecule has 1 rings (SSSR count). The maximum Gasteiger partial charge on any atom is 0.248 e. The van der Waals surface area contributed by atoms with Crippen LogP contribution in [0.5, 0.6) is 0 Å². The summed E-state index contributed by atoms with van der Waals surface area (Å²) in [5.41, 5.74) is 0. The first kappa shape index (κ1) is 7.46. The predicted octanol–water partition coefficient (Wildman–Crippen LogP) is 2.34. The summed E-state index contributed by atoms with van der Waals surface area (Å²) >= 11 is 0. The highest BCUT2D eigenvalue weighted by Crippen LogP contribution is 2.43. The number of halogens is 2. The summed E-state index contributed by atoms with van der Waals surface area (Å²) in [6, 6.07) is 0. The summed E-state index contributed by atoms with van der Waals surface area (Å²) in [5, 5.41) is 0. The van der Waals surface area contributed by atoms with E-state index in [2.05, 4.69) is 4.85 Å². The molecule has 0 spiro atoms. The summed E-state index contributed by atoms with van der Waals surface area (Å²) < 4.78 is 24.3. The van der Waals surface area contributed by atoms with Crippen molar-refractivity contribution in [3.8, 4) is 0 Å². The van der Waals surface area contributed by atoms with Crippen molar-refractivity contribution in [2.75, 3.05) is 6.54 Å². The first-order valence-corrected chi connectivity index (χ1v) is 3.35. The van der Waals surface area contributed by atoms with Crippen LogP contribution in [-0.4, -0.2) is 12.5 Å². The normalized spacial score (nSPS) is 23.3. The van der Waals surface area contributed by atoms with Gasteiger partial charge in [0.1, 0.15) is 0 Å². The minimum Gasteiger partial charge on any atom is -0.317 e. The standard InChI is InChI=1S/C7H9F2N/c1-10-3-2-6-4-7(8,9)5-6/h6H,2-5H2. The van der Waals surface area contributed by atoms with Crippen molar-refractivity contribution in [2.45, 2.75) is 25.2 Å². The molecule has 0 bridgehead atoms. The van der Waals surface area contributed by atoms with E-state index in [0.717, 1.165) is 0 Å². The number of rotatable bonds is 2. The van der Waals surface area contributed by atoms with Crippen LogP contribution in [0, 0.1) is 12.5 Å². The number of hydrogen-bond donors (Lipinski definition) is 0. The first-order chi connectivity index (χ1) is 4.64.